The van der Waals surface area contributed by atoms with Crippen molar-refractivity contribution in [3.8, 4) is 0 Å². The van der Waals surface area contributed by atoms with Crippen LogP contribution in [0.25, 0.3) is 0 Å². The lowest BCUT2D eigenvalue weighted by atomic mass is 10.2. The first-order valence-electron chi connectivity index (χ1n) is 4.20. The van der Waals surface area contributed by atoms with Gasteiger partial charge < -0.3 is 16.4 Å². The lowest BCUT2D eigenvalue weighted by Crippen LogP contribution is -2.48. The second kappa shape index (κ2) is 3.10. The molecule has 0 bridgehead atoms. The zero-order valence-electron chi connectivity index (χ0n) is 6.88. The van der Waals surface area contributed by atoms with E-state index in [-0.39, 0.29) is 6.04 Å². The summed E-state index contributed by atoms with van der Waals surface area (Å²) in [5, 5.41) is 6.27. The molecule has 5 heteroatoms. The minimum absolute atomic E-state index is 0.171. The third kappa shape index (κ3) is 1.27. The predicted molar refractivity (Wildman–Crippen MR) is 48.6 cm³/mol. The van der Waals surface area contributed by atoms with Crippen molar-refractivity contribution in [2.45, 2.75) is 6.04 Å². The summed E-state index contributed by atoms with van der Waals surface area (Å²) in [4.78, 5) is 8.48. The lowest BCUT2D eigenvalue weighted by Gasteiger charge is -2.12. The second-order valence-electron chi connectivity index (χ2n) is 2.87. The van der Waals surface area contributed by atoms with Crippen LogP contribution in [0.1, 0.15) is 0 Å². The molecule has 0 spiro atoms. The molecule has 0 unspecified atom stereocenters. The molecule has 0 fully saturated rings. The molecule has 0 radical (unpaired) electrons. The second-order valence-corrected chi connectivity index (χ2v) is 2.87. The number of hydrogen-bond acceptors (Lipinski definition) is 5. The maximum absolute atomic E-state index is 5.90. The van der Waals surface area contributed by atoms with Gasteiger partial charge in [-0.2, -0.15) is 0 Å². The molecule has 0 aromatic heterocycles. The fraction of sp³-hybridized carbons (Fsp3) is 0.714. The molecule has 0 saturated carbocycles. The van der Waals surface area contributed by atoms with E-state index < -0.39 is 0 Å². The first-order valence-corrected chi connectivity index (χ1v) is 4.20. The largest absolute Gasteiger partial charge is 0.370 e. The number of nitrogens with one attached hydrogen (secondary N) is 2. The molecule has 0 aliphatic carbocycles. The monoisotopic (exact) mass is 167 g/mol. The summed E-state index contributed by atoms with van der Waals surface area (Å²) in [6, 6.07) is -0.171. The number of hydrogen-bond donors (Lipinski definition) is 3. The van der Waals surface area contributed by atoms with Gasteiger partial charge in [-0.1, -0.05) is 0 Å². The zero-order chi connectivity index (χ0) is 8.39. The standard InChI is InChI=1S/C7H13N5/c8-5(6-9-1-2-10-6)7-11-3-4-12-7/h5H,1-4,8H2,(H,9,10)(H,11,12). The van der Waals surface area contributed by atoms with E-state index in [1.165, 1.54) is 0 Å². The summed E-state index contributed by atoms with van der Waals surface area (Å²) < 4.78 is 0. The van der Waals surface area contributed by atoms with Crippen molar-refractivity contribution in [1.82, 2.24) is 10.6 Å². The summed E-state index contributed by atoms with van der Waals surface area (Å²) in [5.74, 6) is 1.73. The molecule has 2 rings (SSSR count). The van der Waals surface area contributed by atoms with Gasteiger partial charge in [0.25, 0.3) is 0 Å². The molecule has 2 aliphatic rings. The summed E-state index contributed by atoms with van der Waals surface area (Å²) >= 11 is 0. The molecule has 0 atom stereocenters. The molecule has 0 aromatic rings. The third-order valence-corrected chi connectivity index (χ3v) is 1.99. The minimum Gasteiger partial charge on any atom is -0.370 e. The van der Waals surface area contributed by atoms with E-state index in [1.807, 2.05) is 0 Å². The Kier molecular flexibility index (Phi) is 1.95. The molecule has 0 amide bonds. The minimum atomic E-state index is -0.171. The zero-order valence-corrected chi connectivity index (χ0v) is 6.88. The first kappa shape index (κ1) is 7.54. The van der Waals surface area contributed by atoms with Crippen molar-refractivity contribution in [3.05, 3.63) is 0 Å². The van der Waals surface area contributed by atoms with Crippen molar-refractivity contribution in [1.29, 1.82) is 0 Å². The van der Waals surface area contributed by atoms with Gasteiger partial charge in [0.1, 0.15) is 17.7 Å². The van der Waals surface area contributed by atoms with Crippen molar-refractivity contribution in [3.63, 3.8) is 0 Å². The van der Waals surface area contributed by atoms with Crippen molar-refractivity contribution in [2.24, 2.45) is 15.7 Å². The number of aliphatic imine (C=N–C) groups is 2. The van der Waals surface area contributed by atoms with E-state index in [1.54, 1.807) is 0 Å². The van der Waals surface area contributed by atoms with Crippen LogP contribution >= 0.6 is 0 Å². The van der Waals surface area contributed by atoms with Gasteiger partial charge in [-0.3, -0.25) is 9.98 Å². The van der Waals surface area contributed by atoms with E-state index in [4.69, 9.17) is 5.73 Å². The predicted octanol–water partition coefficient (Wildman–Crippen LogP) is -1.68. The average molecular weight is 167 g/mol. The highest BCUT2D eigenvalue weighted by atomic mass is 15.1. The van der Waals surface area contributed by atoms with Crippen LogP contribution in [0.5, 0.6) is 0 Å². The Morgan fingerprint density at radius 1 is 1.08 bits per heavy atom. The van der Waals surface area contributed by atoms with E-state index in [2.05, 4.69) is 20.6 Å². The third-order valence-electron chi connectivity index (χ3n) is 1.99. The van der Waals surface area contributed by atoms with E-state index in [0.29, 0.717) is 0 Å². The van der Waals surface area contributed by atoms with Crippen LogP contribution in [0.15, 0.2) is 9.98 Å². The molecule has 0 saturated heterocycles. The highest BCUT2D eigenvalue weighted by molar-refractivity contribution is 6.10. The van der Waals surface area contributed by atoms with Crippen molar-refractivity contribution in [2.75, 3.05) is 26.2 Å². The van der Waals surface area contributed by atoms with Crippen LogP contribution in [0.2, 0.25) is 0 Å². The fourth-order valence-electron chi connectivity index (χ4n) is 1.38. The maximum Gasteiger partial charge on any atom is 0.121 e. The van der Waals surface area contributed by atoms with Gasteiger partial charge in [-0.05, 0) is 0 Å². The summed E-state index contributed by atoms with van der Waals surface area (Å²) in [5.41, 5.74) is 5.90. The van der Waals surface area contributed by atoms with Crippen molar-refractivity contribution < 1.29 is 0 Å². The highest BCUT2D eigenvalue weighted by Crippen LogP contribution is 1.95. The van der Waals surface area contributed by atoms with Gasteiger partial charge in [0.05, 0.1) is 13.1 Å². The van der Waals surface area contributed by atoms with Crippen molar-refractivity contribution >= 4 is 11.7 Å². The molecular weight excluding hydrogens is 154 g/mol. The molecule has 4 N–H and O–H groups in total. The van der Waals surface area contributed by atoms with Crippen LogP contribution in [-0.4, -0.2) is 43.9 Å². The van der Waals surface area contributed by atoms with Gasteiger partial charge in [-0.25, -0.2) is 0 Å². The van der Waals surface area contributed by atoms with Crippen LogP contribution < -0.4 is 16.4 Å². The maximum atomic E-state index is 5.90. The van der Waals surface area contributed by atoms with Gasteiger partial charge in [0.2, 0.25) is 0 Å². The Labute approximate surface area is 71.1 Å². The Bertz CT molecular complexity index is 208. The summed E-state index contributed by atoms with van der Waals surface area (Å²) in [6.45, 7) is 3.46. The average Bonchev–Trinajstić information content (AvgIpc) is 2.77. The lowest BCUT2D eigenvalue weighted by molar-refractivity contribution is 0.922. The van der Waals surface area contributed by atoms with Gasteiger partial charge in [-0.15, -0.1) is 0 Å². The Hall–Kier alpha value is -1.10. The fourth-order valence-corrected chi connectivity index (χ4v) is 1.38. The normalized spacial score (nSPS) is 21.8. The molecule has 12 heavy (non-hydrogen) atoms. The van der Waals surface area contributed by atoms with E-state index in [9.17, 15) is 0 Å². The van der Waals surface area contributed by atoms with E-state index in [0.717, 1.165) is 37.9 Å². The molecule has 5 nitrogen and oxygen atoms in total. The molecule has 66 valence electrons. The van der Waals surface area contributed by atoms with Crippen LogP contribution in [-0.2, 0) is 0 Å². The van der Waals surface area contributed by atoms with Crippen LogP contribution in [0.3, 0.4) is 0 Å². The van der Waals surface area contributed by atoms with E-state index >= 15 is 0 Å². The van der Waals surface area contributed by atoms with Crippen LogP contribution in [0, 0.1) is 0 Å². The Morgan fingerprint density at radius 3 is 1.92 bits per heavy atom. The highest BCUT2D eigenvalue weighted by Gasteiger charge is 2.21. The van der Waals surface area contributed by atoms with Gasteiger partial charge in [0, 0.05) is 13.1 Å². The van der Waals surface area contributed by atoms with Gasteiger partial charge in [0.15, 0.2) is 0 Å². The quantitative estimate of drug-likeness (QED) is 0.460. The summed E-state index contributed by atoms with van der Waals surface area (Å²) in [7, 11) is 0. The SMILES string of the molecule is NC(C1=NCCN1)C1=NCCN1. The molecule has 2 heterocycles. The first-order chi connectivity index (χ1) is 5.88. The van der Waals surface area contributed by atoms with Crippen LogP contribution in [0.4, 0.5) is 0 Å². The number of amidine groups is 2. The number of nitrogens with two attached hydrogens (primary N) is 1. The Balaban J connectivity index is 2.03. The summed E-state index contributed by atoms with van der Waals surface area (Å²) in [6.07, 6.45) is 0. The smallest absolute Gasteiger partial charge is 0.121 e. The molecule has 0 aromatic carbocycles. The topological polar surface area (TPSA) is 74.8 Å². The van der Waals surface area contributed by atoms with Gasteiger partial charge >= 0.3 is 0 Å². The Morgan fingerprint density at radius 2 is 1.58 bits per heavy atom. The molecule has 2 aliphatic heterocycles. The number of rotatable bonds is 2. The molecular formula is C7H13N5. The number of nitrogens with zero attached hydrogens (tertiary/aromatic N) is 2.